The van der Waals surface area contributed by atoms with Crippen molar-refractivity contribution < 1.29 is 5.11 Å². The van der Waals surface area contributed by atoms with Crippen LogP contribution in [0.4, 0.5) is 10.7 Å². The molecule has 1 aliphatic carbocycles. The quantitative estimate of drug-likeness (QED) is 0.394. The highest BCUT2D eigenvalue weighted by atomic mass is 32.1. The molecule has 0 saturated carbocycles. The molecule has 3 N–H and O–H groups in total. The summed E-state index contributed by atoms with van der Waals surface area (Å²) >= 11 is 1.13. The predicted molar refractivity (Wildman–Crippen MR) is 111 cm³/mol. The molecule has 0 radical (unpaired) electrons. The fraction of sp³-hybridized carbons (Fsp3) is 0.200. The molecule has 1 aromatic heterocycles. The SMILES string of the molecule is Cc1ccc(N=Nc2s/c(=N/N=C3\CCCc4ccccc43)n(N)c2O)cc1. The topological polar surface area (TPSA) is 101 Å². The molecule has 1 aliphatic rings. The second-order valence-corrected chi connectivity index (χ2v) is 7.53. The van der Waals surface area contributed by atoms with E-state index in [1.54, 1.807) is 0 Å². The maximum absolute atomic E-state index is 10.2. The largest absolute Gasteiger partial charge is 0.491 e. The second kappa shape index (κ2) is 7.77. The molecule has 0 fully saturated rings. The van der Waals surface area contributed by atoms with Crippen LogP contribution in [0.3, 0.4) is 0 Å². The predicted octanol–water partition coefficient (Wildman–Crippen LogP) is 4.33. The van der Waals surface area contributed by atoms with E-state index in [2.05, 4.69) is 32.6 Å². The van der Waals surface area contributed by atoms with Crippen molar-refractivity contribution >= 4 is 27.7 Å². The minimum atomic E-state index is -0.191. The Hall–Kier alpha value is -3.26. The van der Waals surface area contributed by atoms with Crippen LogP contribution >= 0.6 is 11.3 Å². The summed E-state index contributed by atoms with van der Waals surface area (Å²) in [5.41, 5.74) is 5.17. The summed E-state index contributed by atoms with van der Waals surface area (Å²) in [6, 6.07) is 15.8. The van der Waals surface area contributed by atoms with Crippen molar-refractivity contribution in [1.29, 1.82) is 0 Å². The molecular weight excluding hydrogens is 372 g/mol. The molecule has 28 heavy (non-hydrogen) atoms. The molecule has 0 spiro atoms. The first kappa shape index (κ1) is 18.1. The van der Waals surface area contributed by atoms with Gasteiger partial charge >= 0.3 is 0 Å². The van der Waals surface area contributed by atoms with Gasteiger partial charge in [-0.2, -0.15) is 9.78 Å². The van der Waals surface area contributed by atoms with Gasteiger partial charge < -0.3 is 10.9 Å². The third-order valence-corrected chi connectivity index (χ3v) is 5.47. The van der Waals surface area contributed by atoms with Crippen molar-refractivity contribution in [1.82, 2.24) is 4.68 Å². The normalized spacial score (nSPS) is 16.0. The molecule has 3 aromatic rings. The number of hydrogen-bond donors (Lipinski definition) is 2. The van der Waals surface area contributed by atoms with Crippen LogP contribution in [0, 0.1) is 6.92 Å². The first-order valence-corrected chi connectivity index (χ1v) is 9.80. The van der Waals surface area contributed by atoms with Crippen molar-refractivity contribution in [3.05, 3.63) is 70.0 Å². The number of benzene rings is 2. The van der Waals surface area contributed by atoms with Gasteiger partial charge in [-0.25, -0.2) is 0 Å². The number of aromatic nitrogens is 1. The number of nitrogen functional groups attached to an aromatic ring is 1. The van der Waals surface area contributed by atoms with E-state index in [1.807, 2.05) is 43.3 Å². The number of thiazole rings is 1. The van der Waals surface area contributed by atoms with Crippen molar-refractivity contribution in [2.75, 3.05) is 5.84 Å². The van der Waals surface area contributed by atoms with Gasteiger partial charge in [0.05, 0.1) is 11.4 Å². The number of rotatable bonds is 3. The molecule has 0 atom stereocenters. The third kappa shape index (κ3) is 3.72. The van der Waals surface area contributed by atoms with E-state index in [-0.39, 0.29) is 10.9 Å². The Bertz CT molecular complexity index is 1120. The molecular formula is C20H20N6OS. The molecule has 0 bridgehead atoms. The summed E-state index contributed by atoms with van der Waals surface area (Å²) < 4.78 is 1.08. The zero-order chi connectivity index (χ0) is 19.5. The highest BCUT2D eigenvalue weighted by molar-refractivity contribution is 7.13. The standard InChI is InChI=1S/C20H20N6OS/c1-13-9-11-15(12-10-13)22-24-18-19(27)26(21)20(28-18)25-23-17-8-4-6-14-5-2-3-7-16(14)17/h2-3,5,7,9-12,27H,4,6,8,21H2,1H3/b23-17+,24-22?,25-20+. The van der Waals surface area contributed by atoms with E-state index in [4.69, 9.17) is 5.84 Å². The van der Waals surface area contributed by atoms with Crippen LogP contribution < -0.4 is 10.6 Å². The van der Waals surface area contributed by atoms with Crippen LogP contribution in [0.5, 0.6) is 5.88 Å². The highest BCUT2D eigenvalue weighted by Gasteiger charge is 2.15. The number of azo groups is 1. The average Bonchev–Trinajstić information content (AvgIpc) is 2.99. The molecule has 1 heterocycles. The Morgan fingerprint density at radius 1 is 1.00 bits per heavy atom. The monoisotopic (exact) mass is 392 g/mol. The maximum Gasteiger partial charge on any atom is 0.251 e. The Morgan fingerprint density at radius 3 is 2.61 bits per heavy atom. The van der Waals surface area contributed by atoms with Crippen LogP contribution in [0.1, 0.15) is 29.5 Å². The van der Waals surface area contributed by atoms with E-state index in [1.165, 1.54) is 5.56 Å². The van der Waals surface area contributed by atoms with Crippen molar-refractivity contribution in [2.24, 2.45) is 20.4 Å². The number of nitrogens with zero attached hydrogens (tertiary/aromatic N) is 5. The van der Waals surface area contributed by atoms with Crippen LogP contribution in [-0.2, 0) is 6.42 Å². The van der Waals surface area contributed by atoms with Crippen LogP contribution in [-0.4, -0.2) is 15.5 Å². The van der Waals surface area contributed by atoms with Crippen molar-refractivity contribution in [3.8, 4) is 5.88 Å². The van der Waals surface area contributed by atoms with Gasteiger partial charge in [-0.1, -0.05) is 53.3 Å². The fourth-order valence-corrected chi connectivity index (χ4v) is 3.74. The lowest BCUT2D eigenvalue weighted by atomic mass is 9.90. The molecule has 4 rings (SSSR count). The lowest BCUT2D eigenvalue weighted by Gasteiger charge is -2.16. The molecule has 7 nitrogen and oxygen atoms in total. The zero-order valence-electron chi connectivity index (χ0n) is 15.4. The first-order chi connectivity index (χ1) is 13.6. The Kier molecular flexibility index (Phi) is 5.03. The Balaban J connectivity index is 1.65. The lowest BCUT2D eigenvalue weighted by molar-refractivity contribution is 0.436. The molecule has 0 aliphatic heterocycles. The molecule has 2 aromatic carbocycles. The van der Waals surface area contributed by atoms with E-state index in [0.29, 0.717) is 10.5 Å². The van der Waals surface area contributed by atoms with Crippen LogP contribution in [0.15, 0.2) is 69.0 Å². The molecule has 142 valence electrons. The summed E-state index contributed by atoms with van der Waals surface area (Å²) in [5, 5.41) is 27.4. The van der Waals surface area contributed by atoms with Gasteiger partial charge in [-0.05, 0) is 43.9 Å². The number of aryl methyl sites for hydroxylation is 2. The van der Waals surface area contributed by atoms with E-state index in [9.17, 15) is 5.11 Å². The average molecular weight is 392 g/mol. The maximum atomic E-state index is 10.2. The molecule has 0 unspecified atom stereocenters. The Morgan fingerprint density at radius 2 is 1.79 bits per heavy atom. The van der Waals surface area contributed by atoms with Gasteiger partial charge in [0.1, 0.15) is 0 Å². The summed E-state index contributed by atoms with van der Waals surface area (Å²) in [6.07, 6.45) is 2.96. The number of fused-ring (bicyclic) bond motifs is 1. The minimum absolute atomic E-state index is 0.191. The van der Waals surface area contributed by atoms with E-state index < -0.39 is 0 Å². The minimum Gasteiger partial charge on any atom is -0.491 e. The third-order valence-electron chi connectivity index (χ3n) is 4.55. The molecule has 8 heteroatoms. The van der Waals surface area contributed by atoms with Gasteiger partial charge in [0, 0.05) is 5.56 Å². The summed E-state index contributed by atoms with van der Waals surface area (Å²) in [5.74, 6) is 5.72. The highest BCUT2D eigenvalue weighted by Crippen LogP contribution is 2.30. The summed E-state index contributed by atoms with van der Waals surface area (Å²) in [6.45, 7) is 2.00. The van der Waals surface area contributed by atoms with E-state index >= 15 is 0 Å². The Labute approximate surface area is 166 Å². The van der Waals surface area contributed by atoms with Gasteiger partial charge in [-0.3, -0.25) is 0 Å². The summed E-state index contributed by atoms with van der Waals surface area (Å²) in [7, 11) is 0. The molecule has 0 amide bonds. The van der Waals surface area contributed by atoms with Crippen LogP contribution in [0.2, 0.25) is 0 Å². The number of aromatic hydroxyl groups is 1. The van der Waals surface area contributed by atoms with Crippen molar-refractivity contribution in [3.63, 3.8) is 0 Å². The first-order valence-electron chi connectivity index (χ1n) is 8.99. The number of hydrogen-bond acceptors (Lipinski definition) is 7. The molecule has 0 saturated heterocycles. The van der Waals surface area contributed by atoms with Gasteiger partial charge in [0.25, 0.3) is 5.88 Å². The number of nitrogens with two attached hydrogens (primary N) is 1. The second-order valence-electron chi connectivity index (χ2n) is 6.58. The van der Waals surface area contributed by atoms with Gasteiger partial charge in [0.15, 0.2) is 0 Å². The lowest BCUT2D eigenvalue weighted by Crippen LogP contribution is -2.22. The van der Waals surface area contributed by atoms with Crippen molar-refractivity contribution in [2.45, 2.75) is 26.2 Å². The van der Waals surface area contributed by atoms with E-state index in [0.717, 1.165) is 52.1 Å². The smallest absolute Gasteiger partial charge is 0.251 e. The zero-order valence-corrected chi connectivity index (χ0v) is 16.2. The fourth-order valence-electron chi connectivity index (χ4n) is 3.03. The van der Waals surface area contributed by atoms with Gasteiger partial charge in [0.2, 0.25) is 9.80 Å². The van der Waals surface area contributed by atoms with Gasteiger partial charge in [-0.15, -0.1) is 15.3 Å². The van der Waals surface area contributed by atoms with Crippen LogP contribution in [0.25, 0.3) is 0 Å². The summed E-state index contributed by atoms with van der Waals surface area (Å²) in [4.78, 5) is 0.353.